The Balaban J connectivity index is 1.67. The number of benzene rings is 2. The van der Waals surface area contributed by atoms with Gasteiger partial charge in [0.25, 0.3) is 5.91 Å². The number of carbonyl (C=O) groups excluding carboxylic acids is 1. The molecule has 3 rings (SSSR count). The molecule has 0 bridgehead atoms. The minimum absolute atomic E-state index is 0.122. The number of para-hydroxylation sites is 1. The molecule has 0 spiro atoms. The van der Waals surface area contributed by atoms with E-state index in [2.05, 4.69) is 15.5 Å². The van der Waals surface area contributed by atoms with E-state index in [1.165, 1.54) is 7.11 Å². The molecule has 3 aromatic rings. The molecule has 0 fully saturated rings. The number of aromatic nitrogens is 2. The van der Waals surface area contributed by atoms with Gasteiger partial charge in [-0.1, -0.05) is 28.9 Å². The number of hydrogen-bond acceptors (Lipinski definition) is 5. The van der Waals surface area contributed by atoms with Gasteiger partial charge in [0.2, 0.25) is 11.7 Å². The number of carbonyl (C=O) groups is 1. The fourth-order valence-corrected chi connectivity index (χ4v) is 2.25. The van der Waals surface area contributed by atoms with E-state index < -0.39 is 0 Å². The molecular formula is C17H14ClN3O3. The Morgan fingerprint density at radius 3 is 2.71 bits per heavy atom. The van der Waals surface area contributed by atoms with Crippen molar-refractivity contribution in [2.75, 3.05) is 7.11 Å². The van der Waals surface area contributed by atoms with Crippen LogP contribution < -0.4 is 10.1 Å². The molecule has 0 unspecified atom stereocenters. The van der Waals surface area contributed by atoms with Gasteiger partial charge in [0.1, 0.15) is 5.75 Å². The minimum atomic E-state index is -0.279. The minimum Gasteiger partial charge on any atom is -0.496 e. The number of hydrogen-bond donors (Lipinski definition) is 1. The molecule has 0 aliphatic heterocycles. The Bertz CT molecular complexity index is 846. The van der Waals surface area contributed by atoms with Crippen molar-refractivity contribution in [3.8, 4) is 17.1 Å². The van der Waals surface area contributed by atoms with Gasteiger partial charge < -0.3 is 14.6 Å². The number of nitrogens with one attached hydrogen (secondary N) is 1. The van der Waals surface area contributed by atoms with Gasteiger partial charge in [-0.3, -0.25) is 4.79 Å². The van der Waals surface area contributed by atoms with E-state index in [1.807, 2.05) is 0 Å². The zero-order chi connectivity index (χ0) is 16.9. The summed E-state index contributed by atoms with van der Waals surface area (Å²) in [5.41, 5.74) is 1.22. The largest absolute Gasteiger partial charge is 0.496 e. The Hall–Kier alpha value is -2.86. The predicted molar refractivity (Wildman–Crippen MR) is 88.9 cm³/mol. The third-order valence-electron chi connectivity index (χ3n) is 3.32. The molecule has 122 valence electrons. The third kappa shape index (κ3) is 3.55. The molecule has 0 saturated heterocycles. The summed E-state index contributed by atoms with van der Waals surface area (Å²) < 4.78 is 10.3. The molecule has 0 aliphatic rings. The highest BCUT2D eigenvalue weighted by molar-refractivity contribution is 6.30. The van der Waals surface area contributed by atoms with Crippen molar-refractivity contribution < 1.29 is 14.1 Å². The van der Waals surface area contributed by atoms with Crippen LogP contribution in [0.15, 0.2) is 53.1 Å². The van der Waals surface area contributed by atoms with Gasteiger partial charge >= 0.3 is 0 Å². The van der Waals surface area contributed by atoms with Gasteiger partial charge in [0, 0.05) is 10.6 Å². The molecule has 0 aliphatic carbocycles. The molecule has 0 atom stereocenters. The van der Waals surface area contributed by atoms with Crippen LogP contribution in [0.2, 0.25) is 5.02 Å². The fourth-order valence-electron chi connectivity index (χ4n) is 2.13. The highest BCUT2D eigenvalue weighted by Gasteiger charge is 2.13. The van der Waals surface area contributed by atoms with E-state index in [-0.39, 0.29) is 12.5 Å². The Kier molecular flexibility index (Phi) is 4.77. The summed E-state index contributed by atoms with van der Waals surface area (Å²) in [6.07, 6.45) is 0. The van der Waals surface area contributed by atoms with Crippen LogP contribution in [0.4, 0.5) is 0 Å². The van der Waals surface area contributed by atoms with Gasteiger partial charge in [-0.15, -0.1) is 0 Å². The van der Waals surface area contributed by atoms with Crippen molar-refractivity contribution in [2.24, 2.45) is 0 Å². The van der Waals surface area contributed by atoms with Crippen molar-refractivity contribution in [1.29, 1.82) is 0 Å². The van der Waals surface area contributed by atoms with Crippen LogP contribution in [0.25, 0.3) is 11.4 Å². The van der Waals surface area contributed by atoms with Gasteiger partial charge in [-0.05, 0) is 36.4 Å². The molecule has 2 aromatic carbocycles. The number of halogens is 1. The molecule has 6 nitrogen and oxygen atoms in total. The van der Waals surface area contributed by atoms with Crippen LogP contribution in [-0.2, 0) is 6.54 Å². The third-order valence-corrected chi connectivity index (χ3v) is 3.57. The maximum atomic E-state index is 12.2. The number of methoxy groups -OCH3 is 1. The molecule has 1 N–H and O–H groups in total. The van der Waals surface area contributed by atoms with Crippen LogP contribution in [0.3, 0.4) is 0 Å². The van der Waals surface area contributed by atoms with Crippen LogP contribution in [0.1, 0.15) is 16.2 Å². The van der Waals surface area contributed by atoms with Crippen LogP contribution >= 0.6 is 11.6 Å². The smallest absolute Gasteiger partial charge is 0.255 e. The average molecular weight is 344 g/mol. The maximum Gasteiger partial charge on any atom is 0.255 e. The highest BCUT2D eigenvalue weighted by atomic mass is 35.5. The Morgan fingerprint density at radius 1 is 1.21 bits per heavy atom. The molecule has 1 aromatic heterocycles. The van der Waals surface area contributed by atoms with Crippen LogP contribution in [0, 0.1) is 0 Å². The van der Waals surface area contributed by atoms with E-state index in [0.29, 0.717) is 28.1 Å². The summed E-state index contributed by atoms with van der Waals surface area (Å²) in [6.45, 7) is 0.122. The summed E-state index contributed by atoms with van der Waals surface area (Å²) in [4.78, 5) is 16.5. The molecule has 0 radical (unpaired) electrons. The van der Waals surface area contributed by atoms with Gasteiger partial charge in [0.05, 0.1) is 19.2 Å². The van der Waals surface area contributed by atoms with E-state index in [1.54, 1.807) is 48.5 Å². The highest BCUT2D eigenvalue weighted by Crippen LogP contribution is 2.19. The van der Waals surface area contributed by atoms with Crippen molar-refractivity contribution in [1.82, 2.24) is 15.5 Å². The lowest BCUT2D eigenvalue weighted by Crippen LogP contribution is -2.23. The number of nitrogens with zero attached hydrogens (tertiary/aromatic N) is 2. The predicted octanol–water partition coefficient (Wildman–Crippen LogP) is 3.33. The molecule has 7 heteroatoms. The summed E-state index contributed by atoms with van der Waals surface area (Å²) in [6, 6.07) is 14.1. The second-order valence-corrected chi connectivity index (χ2v) is 5.34. The molecule has 1 amide bonds. The fraction of sp³-hybridized carbons (Fsp3) is 0.118. The zero-order valence-electron chi connectivity index (χ0n) is 12.8. The normalized spacial score (nSPS) is 10.4. The first-order chi connectivity index (χ1) is 11.7. The molecule has 24 heavy (non-hydrogen) atoms. The van der Waals surface area contributed by atoms with Crippen molar-refractivity contribution in [3.63, 3.8) is 0 Å². The standard InChI is InChI=1S/C17H14ClN3O3/c1-23-14-5-3-2-4-13(14)17(22)19-10-15-20-16(21-24-15)11-6-8-12(18)9-7-11/h2-9H,10H2,1H3,(H,19,22). The van der Waals surface area contributed by atoms with Gasteiger partial charge in [-0.25, -0.2) is 0 Å². The van der Waals surface area contributed by atoms with E-state index in [0.717, 1.165) is 5.56 Å². The lowest BCUT2D eigenvalue weighted by molar-refractivity contribution is 0.0943. The molecular weight excluding hydrogens is 330 g/mol. The molecule has 1 heterocycles. The summed E-state index contributed by atoms with van der Waals surface area (Å²) in [5.74, 6) is 0.970. The number of ether oxygens (including phenoxy) is 1. The Morgan fingerprint density at radius 2 is 1.96 bits per heavy atom. The first-order valence-corrected chi connectivity index (χ1v) is 7.55. The topological polar surface area (TPSA) is 77.2 Å². The first kappa shape index (κ1) is 16.0. The van der Waals surface area contributed by atoms with Gasteiger partial charge in [0.15, 0.2) is 0 Å². The van der Waals surface area contributed by atoms with Crippen molar-refractivity contribution >= 4 is 17.5 Å². The lowest BCUT2D eigenvalue weighted by Gasteiger charge is -2.07. The summed E-state index contributed by atoms with van der Waals surface area (Å²) in [5, 5.41) is 7.25. The van der Waals surface area contributed by atoms with E-state index >= 15 is 0 Å². The monoisotopic (exact) mass is 343 g/mol. The van der Waals surface area contributed by atoms with Crippen molar-refractivity contribution in [3.05, 3.63) is 65.0 Å². The first-order valence-electron chi connectivity index (χ1n) is 7.17. The van der Waals surface area contributed by atoms with E-state index in [4.69, 9.17) is 20.9 Å². The molecule has 0 saturated carbocycles. The number of amides is 1. The maximum absolute atomic E-state index is 12.2. The summed E-state index contributed by atoms with van der Waals surface area (Å²) >= 11 is 5.85. The van der Waals surface area contributed by atoms with E-state index in [9.17, 15) is 4.79 Å². The SMILES string of the molecule is COc1ccccc1C(=O)NCc1nc(-c2ccc(Cl)cc2)no1. The second-order valence-electron chi connectivity index (χ2n) is 4.90. The van der Waals surface area contributed by atoms with Crippen LogP contribution in [-0.4, -0.2) is 23.2 Å². The average Bonchev–Trinajstić information content (AvgIpc) is 3.09. The number of rotatable bonds is 5. The quantitative estimate of drug-likeness (QED) is 0.768. The Labute approximate surface area is 143 Å². The van der Waals surface area contributed by atoms with Crippen molar-refractivity contribution in [2.45, 2.75) is 6.54 Å². The second kappa shape index (κ2) is 7.14. The zero-order valence-corrected chi connectivity index (χ0v) is 13.6. The lowest BCUT2D eigenvalue weighted by atomic mass is 10.2. The van der Waals surface area contributed by atoms with Gasteiger partial charge in [-0.2, -0.15) is 4.98 Å². The summed E-state index contributed by atoms with van der Waals surface area (Å²) in [7, 11) is 1.52. The van der Waals surface area contributed by atoms with Crippen LogP contribution in [0.5, 0.6) is 5.75 Å².